The summed E-state index contributed by atoms with van der Waals surface area (Å²) in [6, 6.07) is 23.4. The minimum atomic E-state index is -4.60. The molecule has 0 radical (unpaired) electrons. The number of hydroxylamine groups is 2. The zero-order valence-electron chi connectivity index (χ0n) is 35.7. The van der Waals surface area contributed by atoms with Crippen LogP contribution in [0.1, 0.15) is 61.9 Å². The Hall–Kier alpha value is -4.98. The van der Waals surface area contributed by atoms with Crippen LogP contribution in [-0.4, -0.2) is 89.3 Å². The van der Waals surface area contributed by atoms with Crippen molar-refractivity contribution in [3.8, 4) is 11.5 Å². The summed E-state index contributed by atoms with van der Waals surface area (Å²) < 4.78 is 61.2. The minimum absolute atomic E-state index is 0.0659. The number of halogens is 1. The highest BCUT2D eigenvalue weighted by Gasteiger charge is 2.30. The maximum absolute atomic E-state index is 13.9. The van der Waals surface area contributed by atoms with Crippen LogP contribution in [0.5, 0.6) is 11.5 Å². The van der Waals surface area contributed by atoms with Crippen molar-refractivity contribution in [3.05, 3.63) is 118 Å². The van der Waals surface area contributed by atoms with Crippen molar-refractivity contribution in [1.82, 2.24) is 24.1 Å². The van der Waals surface area contributed by atoms with Gasteiger partial charge in [0.1, 0.15) is 18.5 Å². The molecule has 1 fully saturated rings. The quantitative estimate of drug-likeness (QED) is 0.0317. The summed E-state index contributed by atoms with van der Waals surface area (Å²) in [7, 11) is -7.03. The normalized spacial score (nSPS) is 17.3. The third kappa shape index (κ3) is 11.6. The van der Waals surface area contributed by atoms with Crippen LogP contribution in [0.25, 0.3) is 16.5 Å². The first-order valence-corrected chi connectivity index (χ1v) is 24.5. The lowest BCUT2D eigenvalue weighted by atomic mass is 9.72. The molecule has 6 N–H and O–H groups in total. The fourth-order valence-electron chi connectivity index (χ4n) is 8.08. The van der Waals surface area contributed by atoms with Crippen LogP contribution in [0.3, 0.4) is 0 Å². The van der Waals surface area contributed by atoms with E-state index in [0.29, 0.717) is 42.4 Å². The number of nitrogens with zero attached hydrogens (tertiary/aromatic N) is 2. The number of hydrogen-bond donors (Lipinski definition) is 6. The molecule has 18 heteroatoms. The highest BCUT2D eigenvalue weighted by Crippen LogP contribution is 2.43. The van der Waals surface area contributed by atoms with Crippen molar-refractivity contribution in [2.75, 3.05) is 56.7 Å². The number of allylic oxidation sites excluding steroid dienone is 1. The molecule has 0 saturated carbocycles. The van der Waals surface area contributed by atoms with Gasteiger partial charge >= 0.3 is 0 Å². The molecule has 0 bridgehead atoms. The maximum atomic E-state index is 13.9. The van der Waals surface area contributed by atoms with E-state index >= 15 is 0 Å². The van der Waals surface area contributed by atoms with E-state index in [4.69, 9.17) is 16.3 Å². The lowest BCUT2D eigenvalue weighted by Gasteiger charge is -2.34. The van der Waals surface area contributed by atoms with E-state index < -0.39 is 35.7 Å². The lowest BCUT2D eigenvalue weighted by Crippen LogP contribution is -2.42. The van der Waals surface area contributed by atoms with Crippen LogP contribution in [-0.2, 0) is 20.0 Å². The molecule has 1 aliphatic heterocycles. The van der Waals surface area contributed by atoms with Gasteiger partial charge in [-0.2, -0.15) is 4.81 Å². The van der Waals surface area contributed by atoms with Crippen LogP contribution < -0.4 is 30.2 Å². The number of benzene rings is 4. The topological polar surface area (TPSA) is 205 Å². The Morgan fingerprint density at radius 3 is 2.44 bits per heavy atom. The largest absolute Gasteiger partial charge is 0.593 e. The molecule has 336 valence electrons. The van der Waals surface area contributed by atoms with E-state index in [0.717, 1.165) is 56.1 Å². The zero-order valence-corrected chi connectivity index (χ0v) is 38.1. The van der Waals surface area contributed by atoms with E-state index in [1.165, 1.54) is 39.2 Å². The molecule has 0 spiro atoms. The number of anilines is 2. The SMILES string of the molecule is CC1(C)CCC(CNCCNc2ccc(C(=O)NS(=O)(=O)c3ccc(NC4CCN(S(C)(=O)=O)CC4)c([N+](C)([O-])O)c3)c(Oc3ccc4[nH]ccc4c3)c2)=C(c2ccc(Cl)cc2)C1. The second-order valence-electron chi connectivity index (χ2n) is 17.1. The number of sulfonamides is 2. The van der Waals surface area contributed by atoms with Gasteiger partial charge in [0, 0.05) is 78.7 Å². The van der Waals surface area contributed by atoms with Gasteiger partial charge in [0.2, 0.25) is 10.0 Å². The van der Waals surface area contributed by atoms with Gasteiger partial charge in [-0.3, -0.25) is 4.79 Å². The summed E-state index contributed by atoms with van der Waals surface area (Å²) in [5.41, 5.74) is 5.44. The second-order valence-corrected chi connectivity index (χ2v) is 21.2. The molecule has 1 unspecified atom stereocenters. The molecule has 4 aromatic carbocycles. The standard InChI is InChI=1S/C45H54ClN7O8S2/c1-45(2)19-15-32(39(28-45)30-5-7-33(46)8-6-30)29-47-21-22-48-35-9-12-38(43(26-35)61-36-10-13-40-31(25-36)16-20-49-40)44(54)51-63(59,60)37-11-14-41(42(27-37)53(3,55)56)50-34-17-23-52(24-18-34)62(4,57)58/h5-14,16,20,25-27,34,47-50,55H,15,17-19,21-24,28-29H2,1-4H3,(H,51,54). The number of fused-ring (bicyclic) bond motifs is 1. The van der Waals surface area contributed by atoms with E-state index in [-0.39, 0.29) is 47.2 Å². The Bertz CT molecular complexity index is 2730. The Morgan fingerprint density at radius 1 is 0.984 bits per heavy atom. The van der Waals surface area contributed by atoms with E-state index in [2.05, 4.69) is 51.6 Å². The number of H-pyrrole nitrogens is 1. The number of hydrogen-bond acceptors (Lipinski definition) is 11. The van der Waals surface area contributed by atoms with Crippen LogP contribution in [0, 0.1) is 10.6 Å². The van der Waals surface area contributed by atoms with E-state index in [1.807, 2.05) is 24.3 Å². The summed E-state index contributed by atoms with van der Waals surface area (Å²) in [5, 5.41) is 35.1. The Morgan fingerprint density at radius 2 is 1.73 bits per heavy atom. The third-order valence-electron chi connectivity index (χ3n) is 11.6. The van der Waals surface area contributed by atoms with Crippen LogP contribution >= 0.6 is 11.6 Å². The summed E-state index contributed by atoms with van der Waals surface area (Å²) in [6.45, 7) is 7.03. The van der Waals surface area contributed by atoms with Gasteiger partial charge < -0.3 is 30.9 Å². The van der Waals surface area contributed by atoms with Crippen LogP contribution in [0.15, 0.2) is 102 Å². The molecule has 1 saturated heterocycles. The van der Waals surface area contributed by atoms with Gasteiger partial charge in [0.25, 0.3) is 15.9 Å². The molecular weight excluding hydrogens is 866 g/mol. The summed E-state index contributed by atoms with van der Waals surface area (Å²) in [4.78, 5) is 14.6. The molecule has 1 aliphatic carbocycles. The number of carbonyl (C=O) groups is 1. The average molecular weight is 921 g/mol. The summed E-state index contributed by atoms with van der Waals surface area (Å²) in [6.07, 6.45) is 6.87. The van der Waals surface area contributed by atoms with Gasteiger partial charge in [-0.25, -0.2) is 31.1 Å². The Kier molecular flexibility index (Phi) is 13.6. The Balaban J connectivity index is 1.06. The molecule has 1 aromatic heterocycles. The van der Waals surface area contributed by atoms with Gasteiger partial charge in [-0.05, 0) is 109 Å². The van der Waals surface area contributed by atoms with Crippen molar-refractivity contribution in [1.29, 1.82) is 0 Å². The number of ether oxygens (including phenoxy) is 1. The number of piperidine rings is 1. The number of quaternary nitrogens is 1. The maximum Gasteiger partial charge on any atom is 0.268 e. The van der Waals surface area contributed by atoms with Crippen molar-refractivity contribution in [3.63, 3.8) is 0 Å². The smallest absolute Gasteiger partial charge is 0.268 e. The van der Waals surface area contributed by atoms with Crippen molar-refractivity contribution >= 4 is 71.1 Å². The van der Waals surface area contributed by atoms with Gasteiger partial charge in [-0.1, -0.05) is 43.2 Å². The molecule has 15 nitrogen and oxygen atoms in total. The molecular formula is C45H54ClN7O8S2. The van der Waals surface area contributed by atoms with Crippen molar-refractivity contribution < 1.29 is 31.6 Å². The highest BCUT2D eigenvalue weighted by atomic mass is 35.5. The van der Waals surface area contributed by atoms with Crippen molar-refractivity contribution in [2.24, 2.45) is 5.41 Å². The third-order valence-corrected chi connectivity index (χ3v) is 14.4. The number of nitrogens with one attached hydrogen (secondary N) is 5. The summed E-state index contributed by atoms with van der Waals surface area (Å²) >= 11 is 6.19. The van der Waals surface area contributed by atoms with Gasteiger partial charge in [-0.15, -0.1) is 0 Å². The zero-order chi connectivity index (χ0) is 45.2. The molecule has 5 aromatic rings. The lowest BCUT2D eigenvalue weighted by molar-refractivity contribution is -0.00403. The number of amides is 1. The predicted molar refractivity (Wildman–Crippen MR) is 249 cm³/mol. The van der Waals surface area contributed by atoms with E-state index in [1.54, 1.807) is 30.5 Å². The van der Waals surface area contributed by atoms with Crippen LogP contribution in [0.2, 0.25) is 5.02 Å². The fraction of sp³-hybridized carbons (Fsp3) is 0.356. The monoisotopic (exact) mass is 919 g/mol. The molecule has 63 heavy (non-hydrogen) atoms. The fourth-order valence-corrected chi connectivity index (χ4v) is 10.1. The first-order valence-electron chi connectivity index (χ1n) is 20.8. The number of rotatable bonds is 16. The molecule has 2 heterocycles. The summed E-state index contributed by atoms with van der Waals surface area (Å²) in [5.74, 6) is -0.464. The molecule has 2 aliphatic rings. The molecule has 1 atom stereocenters. The predicted octanol–water partition coefficient (Wildman–Crippen LogP) is 8.06. The van der Waals surface area contributed by atoms with Gasteiger partial charge in [0.05, 0.1) is 22.4 Å². The number of carbonyl (C=O) groups excluding carboxylic acids is 1. The first-order chi connectivity index (χ1) is 29.7. The molecule has 7 rings (SSSR count). The van der Waals surface area contributed by atoms with E-state index in [9.17, 15) is 32.0 Å². The average Bonchev–Trinajstić information content (AvgIpc) is 3.69. The Labute approximate surface area is 373 Å². The minimum Gasteiger partial charge on any atom is -0.593 e. The number of aromatic nitrogens is 1. The van der Waals surface area contributed by atoms with Gasteiger partial charge in [0.15, 0.2) is 5.69 Å². The second kappa shape index (κ2) is 18.6. The highest BCUT2D eigenvalue weighted by molar-refractivity contribution is 7.90. The van der Waals surface area contributed by atoms with Crippen molar-refractivity contribution in [2.45, 2.75) is 56.9 Å². The van der Waals surface area contributed by atoms with Crippen LogP contribution in [0.4, 0.5) is 17.1 Å². The molecule has 1 amide bonds. The first kappa shape index (κ1) is 46.0. The number of aromatic amines is 1.